The molecule has 170 valence electrons. The third-order valence-electron chi connectivity index (χ3n) is 5.90. The molecule has 0 radical (unpaired) electrons. The van der Waals surface area contributed by atoms with Crippen molar-refractivity contribution in [2.24, 2.45) is 0 Å². The van der Waals surface area contributed by atoms with Crippen molar-refractivity contribution in [2.75, 3.05) is 23.3 Å². The number of fused-ring (bicyclic) bond motifs is 1. The molecule has 0 unspecified atom stereocenters. The molecule has 1 N–H and O–H groups in total. The van der Waals surface area contributed by atoms with Crippen molar-refractivity contribution < 1.29 is 18.4 Å². The molecule has 34 heavy (non-hydrogen) atoms. The van der Waals surface area contributed by atoms with Gasteiger partial charge in [0.15, 0.2) is 5.78 Å². The molecular formula is C27H21F2N3O2. The van der Waals surface area contributed by atoms with Gasteiger partial charge in [0.1, 0.15) is 11.6 Å². The molecule has 2 heterocycles. The predicted octanol–water partition coefficient (Wildman–Crippen LogP) is 5.60. The van der Waals surface area contributed by atoms with Crippen LogP contribution in [0.5, 0.6) is 0 Å². The van der Waals surface area contributed by atoms with Gasteiger partial charge >= 0.3 is 0 Å². The summed E-state index contributed by atoms with van der Waals surface area (Å²) in [6, 6.07) is 16.0. The first-order valence-electron chi connectivity index (χ1n) is 11.0. The van der Waals surface area contributed by atoms with E-state index in [0.29, 0.717) is 5.56 Å². The number of nitrogens with zero attached hydrogens (tertiary/aromatic N) is 2. The molecule has 1 amide bonds. The average Bonchev–Trinajstić information content (AvgIpc) is 3.37. The van der Waals surface area contributed by atoms with Crippen molar-refractivity contribution in [3.8, 4) is 0 Å². The second-order valence-electron chi connectivity index (χ2n) is 8.32. The van der Waals surface area contributed by atoms with Crippen LogP contribution >= 0.6 is 0 Å². The van der Waals surface area contributed by atoms with Crippen LogP contribution in [0.25, 0.3) is 10.9 Å². The van der Waals surface area contributed by atoms with Gasteiger partial charge in [-0.2, -0.15) is 0 Å². The van der Waals surface area contributed by atoms with Crippen LogP contribution in [-0.4, -0.2) is 29.8 Å². The van der Waals surface area contributed by atoms with E-state index in [9.17, 15) is 18.4 Å². The van der Waals surface area contributed by atoms with E-state index >= 15 is 0 Å². The minimum Gasteiger partial charge on any atom is -0.370 e. The van der Waals surface area contributed by atoms with Gasteiger partial charge in [-0.3, -0.25) is 14.6 Å². The highest BCUT2D eigenvalue weighted by molar-refractivity contribution is 6.11. The number of benzene rings is 3. The summed E-state index contributed by atoms with van der Waals surface area (Å²) in [5.41, 5.74) is 2.47. The molecular weight excluding hydrogens is 436 g/mol. The summed E-state index contributed by atoms with van der Waals surface area (Å²) in [5.74, 6) is -2.20. The number of hydrogen-bond acceptors (Lipinski definition) is 4. The normalized spacial score (nSPS) is 13.3. The quantitative estimate of drug-likeness (QED) is 0.397. The number of rotatable bonds is 5. The second-order valence-corrected chi connectivity index (χ2v) is 8.32. The smallest absolute Gasteiger partial charge is 0.255 e. The topological polar surface area (TPSA) is 62.3 Å². The standard InChI is InChI=1S/C27H21F2N3O2/c28-21-5-3-4-18(11-21)27(34)31-23-13-20(12-22(29)15-23)26(33)17-6-7-25-19(10-17)14-24(16-30-25)32-8-1-2-9-32/h3-7,10-16H,1-2,8-9H2,(H,31,34). The first-order chi connectivity index (χ1) is 16.5. The fourth-order valence-electron chi connectivity index (χ4n) is 4.20. The molecule has 1 aliphatic heterocycles. The van der Waals surface area contributed by atoms with Gasteiger partial charge < -0.3 is 10.2 Å². The molecule has 0 spiro atoms. The Hall–Kier alpha value is -4.13. The van der Waals surface area contributed by atoms with Crippen LogP contribution in [0.15, 0.2) is 72.9 Å². The number of anilines is 2. The molecule has 1 fully saturated rings. The Morgan fingerprint density at radius 3 is 2.41 bits per heavy atom. The zero-order chi connectivity index (χ0) is 23.7. The molecule has 0 saturated carbocycles. The number of halogens is 2. The SMILES string of the molecule is O=C(Nc1cc(F)cc(C(=O)c2ccc3ncc(N4CCCC4)cc3c2)c1)c1cccc(F)c1. The molecule has 0 aliphatic carbocycles. The highest BCUT2D eigenvalue weighted by atomic mass is 19.1. The zero-order valence-corrected chi connectivity index (χ0v) is 18.2. The summed E-state index contributed by atoms with van der Waals surface area (Å²) >= 11 is 0. The monoisotopic (exact) mass is 457 g/mol. The van der Waals surface area contributed by atoms with E-state index in [1.807, 2.05) is 12.3 Å². The highest BCUT2D eigenvalue weighted by Gasteiger charge is 2.16. The van der Waals surface area contributed by atoms with Crippen LogP contribution in [0.3, 0.4) is 0 Å². The highest BCUT2D eigenvalue weighted by Crippen LogP contribution is 2.25. The third kappa shape index (κ3) is 4.50. The van der Waals surface area contributed by atoms with E-state index in [-0.39, 0.29) is 22.6 Å². The Bertz CT molecular complexity index is 1410. The van der Waals surface area contributed by atoms with E-state index in [1.165, 1.54) is 24.3 Å². The minimum absolute atomic E-state index is 0.0907. The molecule has 3 aromatic carbocycles. The van der Waals surface area contributed by atoms with Crippen LogP contribution < -0.4 is 10.2 Å². The molecule has 0 atom stereocenters. The maximum absolute atomic E-state index is 14.3. The van der Waals surface area contributed by atoms with Gasteiger partial charge in [0.2, 0.25) is 0 Å². The Morgan fingerprint density at radius 1 is 0.824 bits per heavy atom. The number of ketones is 1. The molecule has 0 bridgehead atoms. The first kappa shape index (κ1) is 21.7. The zero-order valence-electron chi connectivity index (χ0n) is 18.2. The molecule has 5 rings (SSSR count). The fraction of sp³-hybridized carbons (Fsp3) is 0.148. The lowest BCUT2D eigenvalue weighted by atomic mass is 10.0. The Morgan fingerprint density at radius 2 is 1.62 bits per heavy atom. The van der Waals surface area contributed by atoms with Crippen molar-refractivity contribution in [2.45, 2.75) is 12.8 Å². The predicted molar refractivity (Wildman–Crippen MR) is 127 cm³/mol. The average molecular weight is 457 g/mol. The molecule has 1 aliphatic rings. The lowest BCUT2D eigenvalue weighted by Gasteiger charge is -2.17. The molecule has 4 aromatic rings. The number of carbonyl (C=O) groups is 2. The van der Waals surface area contributed by atoms with Crippen LogP contribution in [0.4, 0.5) is 20.2 Å². The van der Waals surface area contributed by atoms with Gasteiger partial charge in [0, 0.05) is 40.9 Å². The summed E-state index contributed by atoms with van der Waals surface area (Å²) in [5, 5.41) is 3.35. The Kier molecular flexibility index (Phi) is 5.76. The number of nitrogens with one attached hydrogen (secondary N) is 1. The summed E-state index contributed by atoms with van der Waals surface area (Å²) in [7, 11) is 0. The van der Waals surface area contributed by atoms with E-state index in [2.05, 4.69) is 15.2 Å². The fourth-order valence-corrected chi connectivity index (χ4v) is 4.20. The van der Waals surface area contributed by atoms with Crippen LogP contribution in [-0.2, 0) is 0 Å². The van der Waals surface area contributed by atoms with Gasteiger partial charge in [-0.15, -0.1) is 0 Å². The summed E-state index contributed by atoms with van der Waals surface area (Å²) in [6.45, 7) is 1.97. The van der Waals surface area contributed by atoms with Crippen LogP contribution in [0, 0.1) is 11.6 Å². The van der Waals surface area contributed by atoms with E-state index < -0.39 is 17.5 Å². The van der Waals surface area contributed by atoms with Crippen LogP contribution in [0.2, 0.25) is 0 Å². The van der Waals surface area contributed by atoms with Crippen molar-refractivity contribution in [3.05, 3.63) is 101 Å². The lowest BCUT2D eigenvalue weighted by Crippen LogP contribution is -2.17. The maximum atomic E-state index is 14.3. The second kappa shape index (κ2) is 9.02. The van der Waals surface area contributed by atoms with E-state index in [4.69, 9.17) is 0 Å². The lowest BCUT2D eigenvalue weighted by molar-refractivity contribution is 0.102. The largest absolute Gasteiger partial charge is 0.370 e. The summed E-state index contributed by atoms with van der Waals surface area (Å²) in [6.07, 6.45) is 4.14. The van der Waals surface area contributed by atoms with Gasteiger partial charge in [0.25, 0.3) is 5.91 Å². The Labute approximate surface area is 195 Å². The molecule has 7 heteroatoms. The third-order valence-corrected chi connectivity index (χ3v) is 5.90. The molecule has 5 nitrogen and oxygen atoms in total. The maximum Gasteiger partial charge on any atom is 0.255 e. The van der Waals surface area contributed by atoms with Crippen molar-refractivity contribution in [3.63, 3.8) is 0 Å². The summed E-state index contributed by atoms with van der Waals surface area (Å²) in [4.78, 5) is 32.4. The number of aromatic nitrogens is 1. The molecule has 1 aromatic heterocycles. The van der Waals surface area contributed by atoms with E-state index in [1.54, 1.807) is 18.2 Å². The first-order valence-corrected chi connectivity index (χ1v) is 11.0. The van der Waals surface area contributed by atoms with Crippen LogP contribution in [0.1, 0.15) is 39.1 Å². The van der Waals surface area contributed by atoms with Crippen molar-refractivity contribution in [1.29, 1.82) is 0 Å². The molecule has 1 saturated heterocycles. The summed E-state index contributed by atoms with van der Waals surface area (Å²) < 4.78 is 27.7. The van der Waals surface area contributed by atoms with Gasteiger partial charge in [0.05, 0.1) is 17.4 Å². The number of carbonyl (C=O) groups excluding carboxylic acids is 2. The minimum atomic E-state index is -0.667. The van der Waals surface area contributed by atoms with Crippen molar-refractivity contribution >= 4 is 34.0 Å². The van der Waals surface area contributed by atoms with E-state index in [0.717, 1.165) is 60.7 Å². The number of hydrogen-bond donors (Lipinski definition) is 1. The van der Waals surface area contributed by atoms with Gasteiger partial charge in [-0.1, -0.05) is 6.07 Å². The van der Waals surface area contributed by atoms with Gasteiger partial charge in [-0.25, -0.2) is 8.78 Å². The number of pyridine rings is 1. The van der Waals surface area contributed by atoms with Crippen molar-refractivity contribution in [1.82, 2.24) is 4.98 Å². The number of amides is 1. The van der Waals surface area contributed by atoms with Gasteiger partial charge in [-0.05, 0) is 73.5 Å². The Balaban J connectivity index is 1.42.